The maximum atomic E-state index is 12.5. The first-order chi connectivity index (χ1) is 14.4. The van der Waals surface area contributed by atoms with E-state index in [1.165, 1.54) is 7.11 Å². The lowest BCUT2D eigenvalue weighted by Crippen LogP contribution is -2.45. The third-order valence-corrected chi connectivity index (χ3v) is 4.98. The highest BCUT2D eigenvalue weighted by molar-refractivity contribution is 5.95. The van der Waals surface area contributed by atoms with E-state index in [1.807, 2.05) is 50.2 Å². The summed E-state index contributed by atoms with van der Waals surface area (Å²) in [5.74, 6) is 1.00. The van der Waals surface area contributed by atoms with Gasteiger partial charge in [0.05, 0.1) is 18.7 Å². The maximum absolute atomic E-state index is 12.5. The summed E-state index contributed by atoms with van der Waals surface area (Å²) in [6.07, 6.45) is 2.43. The van der Waals surface area contributed by atoms with Crippen molar-refractivity contribution in [1.29, 1.82) is 0 Å². The number of rotatable bonds is 7. The number of urea groups is 1. The Hall–Kier alpha value is -3.28. The number of aryl methyl sites for hydroxylation is 2. The number of amides is 2. The van der Waals surface area contributed by atoms with Gasteiger partial charge in [0.25, 0.3) is 0 Å². The van der Waals surface area contributed by atoms with Gasteiger partial charge in [0.1, 0.15) is 11.5 Å². The Morgan fingerprint density at radius 2 is 1.70 bits per heavy atom. The van der Waals surface area contributed by atoms with Crippen LogP contribution in [0.15, 0.2) is 53.7 Å². The van der Waals surface area contributed by atoms with Crippen molar-refractivity contribution < 1.29 is 19.1 Å². The molecule has 1 aliphatic rings. The van der Waals surface area contributed by atoms with Gasteiger partial charge >= 0.3 is 12.0 Å². The minimum Gasteiger partial charge on any atom is -0.466 e. The number of methoxy groups -OCH3 is 1. The molecule has 0 bridgehead atoms. The number of allylic oxidation sites excluding steroid dienone is 1. The normalized spacial score (nSPS) is 16.0. The average molecular weight is 408 g/mol. The zero-order valence-corrected chi connectivity index (χ0v) is 17.9. The van der Waals surface area contributed by atoms with Gasteiger partial charge in [0, 0.05) is 5.70 Å². The van der Waals surface area contributed by atoms with E-state index in [4.69, 9.17) is 9.47 Å². The molecule has 2 aromatic carbocycles. The molecular formula is C24H28N2O4. The molecule has 1 unspecified atom stereocenters. The van der Waals surface area contributed by atoms with E-state index in [0.717, 1.165) is 35.3 Å². The summed E-state index contributed by atoms with van der Waals surface area (Å²) in [5, 5.41) is 5.61. The minimum absolute atomic E-state index is 0.325. The topological polar surface area (TPSA) is 76.7 Å². The molecule has 0 saturated heterocycles. The van der Waals surface area contributed by atoms with Crippen LogP contribution >= 0.6 is 0 Å². The number of carbonyl (C=O) groups is 2. The second-order valence-corrected chi connectivity index (χ2v) is 7.51. The molecule has 0 aliphatic carbocycles. The Morgan fingerprint density at radius 3 is 2.30 bits per heavy atom. The highest BCUT2D eigenvalue weighted by atomic mass is 16.5. The van der Waals surface area contributed by atoms with Crippen LogP contribution in [0.5, 0.6) is 11.5 Å². The monoisotopic (exact) mass is 408 g/mol. The van der Waals surface area contributed by atoms with Crippen LogP contribution in [-0.2, 0) is 9.53 Å². The first-order valence-electron chi connectivity index (χ1n) is 10.2. The predicted molar refractivity (Wildman–Crippen MR) is 115 cm³/mol. The van der Waals surface area contributed by atoms with E-state index in [2.05, 4.69) is 23.6 Å². The van der Waals surface area contributed by atoms with Gasteiger partial charge in [0.2, 0.25) is 0 Å². The van der Waals surface area contributed by atoms with Crippen LogP contribution in [0, 0.1) is 13.8 Å². The molecule has 0 fully saturated rings. The fourth-order valence-electron chi connectivity index (χ4n) is 3.63. The molecule has 1 atom stereocenters. The smallest absolute Gasteiger partial charge is 0.337 e. The predicted octanol–water partition coefficient (Wildman–Crippen LogP) is 5.07. The quantitative estimate of drug-likeness (QED) is 0.627. The summed E-state index contributed by atoms with van der Waals surface area (Å²) in [5.41, 5.74) is 4.10. The average Bonchev–Trinajstić information content (AvgIpc) is 2.71. The van der Waals surface area contributed by atoms with E-state index in [1.54, 1.807) is 0 Å². The first-order valence-corrected chi connectivity index (χ1v) is 10.2. The minimum atomic E-state index is -0.576. The molecule has 158 valence electrons. The van der Waals surface area contributed by atoms with Gasteiger partial charge in [-0.2, -0.15) is 0 Å². The van der Waals surface area contributed by atoms with Crippen LogP contribution in [0.1, 0.15) is 48.9 Å². The molecule has 0 saturated carbocycles. The van der Waals surface area contributed by atoms with Crippen molar-refractivity contribution in [2.45, 2.75) is 46.1 Å². The lowest BCUT2D eigenvalue weighted by molar-refractivity contribution is -0.136. The van der Waals surface area contributed by atoms with Gasteiger partial charge in [-0.1, -0.05) is 31.5 Å². The van der Waals surface area contributed by atoms with Crippen molar-refractivity contribution in [3.05, 3.63) is 70.4 Å². The third-order valence-electron chi connectivity index (χ3n) is 4.98. The Balaban J connectivity index is 1.88. The van der Waals surface area contributed by atoms with Crippen molar-refractivity contribution in [3.8, 4) is 11.5 Å². The number of benzene rings is 2. The summed E-state index contributed by atoms with van der Waals surface area (Å²) in [6.45, 7) is 6.12. The van der Waals surface area contributed by atoms with Crippen LogP contribution in [0.25, 0.3) is 0 Å². The number of carbonyl (C=O) groups excluding carboxylic acids is 2. The molecule has 1 heterocycles. The van der Waals surface area contributed by atoms with Crippen molar-refractivity contribution in [3.63, 3.8) is 0 Å². The molecule has 2 amide bonds. The van der Waals surface area contributed by atoms with Crippen molar-refractivity contribution in [1.82, 2.24) is 10.6 Å². The van der Waals surface area contributed by atoms with Gasteiger partial charge in [-0.05, 0) is 67.6 Å². The molecule has 6 heteroatoms. The van der Waals surface area contributed by atoms with Gasteiger partial charge in [-0.25, -0.2) is 9.59 Å². The number of ether oxygens (including phenoxy) is 2. The van der Waals surface area contributed by atoms with E-state index in [-0.39, 0.29) is 6.03 Å². The molecule has 3 rings (SSSR count). The Bertz CT molecular complexity index is 943. The Kier molecular flexibility index (Phi) is 6.77. The third kappa shape index (κ3) is 5.00. The molecule has 2 N–H and O–H groups in total. The zero-order valence-electron chi connectivity index (χ0n) is 17.9. The molecule has 2 aromatic rings. The largest absolute Gasteiger partial charge is 0.466 e. The molecule has 0 radical (unpaired) electrons. The Morgan fingerprint density at radius 1 is 1.03 bits per heavy atom. The summed E-state index contributed by atoms with van der Waals surface area (Å²) in [4.78, 5) is 24.7. The van der Waals surface area contributed by atoms with Gasteiger partial charge < -0.3 is 20.1 Å². The number of unbranched alkanes of at least 4 members (excludes halogenated alkanes) is 1. The second-order valence-electron chi connectivity index (χ2n) is 7.51. The molecule has 0 aromatic heterocycles. The molecule has 30 heavy (non-hydrogen) atoms. The second kappa shape index (κ2) is 9.48. The van der Waals surface area contributed by atoms with Crippen molar-refractivity contribution in [2.75, 3.05) is 7.11 Å². The number of hydrogen-bond acceptors (Lipinski definition) is 4. The summed E-state index contributed by atoms with van der Waals surface area (Å²) in [7, 11) is 1.35. The maximum Gasteiger partial charge on any atom is 0.337 e. The molecule has 6 nitrogen and oxygen atoms in total. The van der Waals surface area contributed by atoms with Gasteiger partial charge in [-0.15, -0.1) is 0 Å². The van der Waals surface area contributed by atoms with Crippen LogP contribution in [0.4, 0.5) is 4.79 Å². The van der Waals surface area contributed by atoms with Crippen molar-refractivity contribution >= 4 is 12.0 Å². The SMILES string of the molecule is CCCCC1=C(C(=O)OC)C(c2ccc(Oc3cc(C)cc(C)c3)cc2)NC(=O)N1. The number of esters is 1. The molecule has 0 spiro atoms. The van der Waals surface area contributed by atoms with Gasteiger partial charge in [0.15, 0.2) is 0 Å². The number of hydrogen-bond donors (Lipinski definition) is 2. The lowest BCUT2D eigenvalue weighted by Gasteiger charge is -2.29. The van der Waals surface area contributed by atoms with E-state index in [9.17, 15) is 9.59 Å². The Labute approximate surface area is 177 Å². The lowest BCUT2D eigenvalue weighted by atomic mass is 9.93. The summed E-state index contributed by atoms with van der Waals surface area (Å²) in [6, 6.07) is 12.5. The highest BCUT2D eigenvalue weighted by Crippen LogP contribution is 2.31. The van der Waals surface area contributed by atoms with Crippen LogP contribution in [-0.4, -0.2) is 19.1 Å². The summed E-state index contributed by atoms with van der Waals surface area (Å²) >= 11 is 0. The van der Waals surface area contributed by atoms with Crippen molar-refractivity contribution in [2.24, 2.45) is 0 Å². The van der Waals surface area contributed by atoms with Crippen LogP contribution in [0.3, 0.4) is 0 Å². The van der Waals surface area contributed by atoms with E-state index >= 15 is 0 Å². The van der Waals surface area contributed by atoms with Gasteiger partial charge in [-0.3, -0.25) is 0 Å². The van der Waals surface area contributed by atoms with Crippen LogP contribution < -0.4 is 15.4 Å². The molecule has 1 aliphatic heterocycles. The summed E-state index contributed by atoms with van der Waals surface area (Å²) < 4.78 is 11.0. The standard InChI is InChI=1S/C24H28N2O4/c1-5-6-7-20-21(23(27)29-4)22(26-24(28)25-20)17-8-10-18(11-9-17)30-19-13-15(2)12-16(3)14-19/h8-14,22H,5-7H2,1-4H3,(H2,25,26,28). The zero-order chi connectivity index (χ0) is 21.7. The number of nitrogens with one attached hydrogen (secondary N) is 2. The fraction of sp³-hybridized carbons (Fsp3) is 0.333. The molecular weight excluding hydrogens is 380 g/mol. The van der Waals surface area contributed by atoms with E-state index < -0.39 is 12.0 Å². The first kappa shape index (κ1) is 21.4. The van der Waals surface area contributed by atoms with Crippen LogP contribution in [0.2, 0.25) is 0 Å². The highest BCUT2D eigenvalue weighted by Gasteiger charge is 2.33. The fourth-order valence-corrected chi connectivity index (χ4v) is 3.63. The van der Waals surface area contributed by atoms with E-state index in [0.29, 0.717) is 23.4 Å².